The van der Waals surface area contributed by atoms with Crippen LogP contribution in [0.15, 0.2) is 97.1 Å². The van der Waals surface area contributed by atoms with Crippen LogP contribution in [-0.4, -0.2) is 9.97 Å². The van der Waals surface area contributed by atoms with Crippen molar-refractivity contribution in [3.63, 3.8) is 0 Å². The molecule has 0 saturated carbocycles. The summed E-state index contributed by atoms with van der Waals surface area (Å²) in [6.07, 6.45) is 0. The van der Waals surface area contributed by atoms with Crippen LogP contribution in [0.4, 0.5) is 0 Å². The molecule has 2 bridgehead atoms. The molecular weight excluding hydrogens is 532 g/mol. The number of hydrogen-bond acceptors (Lipinski definition) is 2. The fourth-order valence-electron chi connectivity index (χ4n) is 8.15. The van der Waals surface area contributed by atoms with E-state index in [1.807, 2.05) is 0 Å². The van der Waals surface area contributed by atoms with Gasteiger partial charge < -0.3 is 0 Å². The largest absolute Gasteiger partial charge is 0.248 e. The Morgan fingerprint density at radius 1 is 0.432 bits per heavy atom. The summed E-state index contributed by atoms with van der Waals surface area (Å²) >= 11 is 0. The lowest BCUT2D eigenvalue weighted by atomic mass is 9.64. The van der Waals surface area contributed by atoms with Gasteiger partial charge in [0.05, 0.1) is 34.3 Å². The van der Waals surface area contributed by atoms with Crippen LogP contribution >= 0.6 is 0 Å². The van der Waals surface area contributed by atoms with Crippen LogP contribution in [-0.2, 0) is 10.8 Å². The molecule has 0 amide bonds. The average Bonchev–Trinajstić information content (AvgIpc) is 2.99. The maximum atomic E-state index is 5.40. The zero-order chi connectivity index (χ0) is 30.1. The van der Waals surface area contributed by atoms with E-state index in [0.29, 0.717) is 0 Å². The molecule has 10 rings (SSSR count). The molecule has 2 heteroatoms. The van der Waals surface area contributed by atoms with Crippen LogP contribution in [0.1, 0.15) is 98.1 Å². The van der Waals surface area contributed by atoms with E-state index >= 15 is 0 Å². The van der Waals surface area contributed by atoms with Crippen molar-refractivity contribution in [1.29, 1.82) is 0 Å². The van der Waals surface area contributed by atoms with Crippen LogP contribution in [0.25, 0.3) is 43.4 Å². The zero-order valence-electron chi connectivity index (χ0n) is 26.3. The first-order valence-corrected chi connectivity index (χ1v) is 15.9. The molecule has 0 N–H and O–H groups in total. The number of fused-ring (bicyclic) bond motifs is 4. The number of benzene rings is 6. The molecular formula is C42H36N2. The first-order valence-electron chi connectivity index (χ1n) is 15.9. The maximum Gasteiger partial charge on any atom is 0.0897 e. The molecule has 0 unspecified atom stereocenters. The van der Waals surface area contributed by atoms with Gasteiger partial charge in [0.15, 0.2) is 0 Å². The summed E-state index contributed by atoms with van der Waals surface area (Å²) in [6, 6.07) is 36.6. The molecule has 3 aliphatic carbocycles. The molecule has 2 nitrogen and oxygen atoms in total. The third kappa shape index (κ3) is 3.54. The van der Waals surface area contributed by atoms with Gasteiger partial charge in [0.2, 0.25) is 0 Å². The molecule has 0 atom stereocenters. The molecule has 6 aromatic carbocycles. The number of rotatable bonds is 0. The Hall–Kier alpha value is -4.56. The molecule has 0 spiro atoms. The number of hydrogen-bond donors (Lipinski definition) is 0. The Morgan fingerprint density at radius 3 is 1.11 bits per heavy atom. The monoisotopic (exact) mass is 568 g/mol. The standard InChI is InChI=1S/C42H36N2/c1-41(2,3)33-15-16-34(42(4,5)6)32-20-24-18-26-22-36-35(21-25(26)17-23(24)19-31(32)33)43-39-37-27-11-7-9-13-29(27)38(40(39)44-36)30-14-10-8-12-28(30)37/h7-22,37-38H,1-6H3. The van der Waals surface area contributed by atoms with Gasteiger partial charge in [-0.15, -0.1) is 0 Å². The van der Waals surface area contributed by atoms with E-state index in [1.54, 1.807) is 0 Å². The van der Waals surface area contributed by atoms with Gasteiger partial charge in [-0.05, 0) is 113 Å². The van der Waals surface area contributed by atoms with E-state index in [2.05, 4.69) is 139 Å². The quantitative estimate of drug-likeness (QED) is 0.170. The first-order chi connectivity index (χ1) is 21.1. The summed E-state index contributed by atoms with van der Waals surface area (Å²) in [6.45, 7) is 13.9. The minimum atomic E-state index is 0.0562. The average molecular weight is 569 g/mol. The lowest BCUT2D eigenvalue weighted by molar-refractivity contribution is 0.585. The van der Waals surface area contributed by atoms with Crippen molar-refractivity contribution < 1.29 is 0 Å². The van der Waals surface area contributed by atoms with Gasteiger partial charge in [0.25, 0.3) is 0 Å². The van der Waals surface area contributed by atoms with Gasteiger partial charge in [0, 0.05) is 0 Å². The van der Waals surface area contributed by atoms with Gasteiger partial charge >= 0.3 is 0 Å². The van der Waals surface area contributed by atoms with Crippen molar-refractivity contribution in [3.05, 3.63) is 142 Å². The van der Waals surface area contributed by atoms with E-state index in [9.17, 15) is 0 Å². The summed E-state index contributed by atoms with van der Waals surface area (Å²) in [5, 5.41) is 7.69. The smallest absolute Gasteiger partial charge is 0.0897 e. The van der Waals surface area contributed by atoms with Gasteiger partial charge in [-0.3, -0.25) is 0 Å². The number of aromatic nitrogens is 2. The van der Waals surface area contributed by atoms with Crippen molar-refractivity contribution in [2.45, 2.75) is 64.2 Å². The highest BCUT2D eigenvalue weighted by molar-refractivity contribution is 6.08. The topological polar surface area (TPSA) is 25.8 Å². The van der Waals surface area contributed by atoms with Gasteiger partial charge in [0.1, 0.15) is 0 Å². The van der Waals surface area contributed by atoms with E-state index in [0.717, 1.165) is 22.4 Å². The second-order valence-electron chi connectivity index (χ2n) is 15.1. The van der Waals surface area contributed by atoms with Crippen molar-refractivity contribution >= 4 is 43.4 Å². The summed E-state index contributed by atoms with van der Waals surface area (Å²) in [5.74, 6) is 0.261. The first kappa shape index (κ1) is 25.9. The van der Waals surface area contributed by atoms with Crippen molar-refractivity contribution in [3.8, 4) is 0 Å². The summed E-state index contributed by atoms with van der Waals surface area (Å²) in [5.41, 5.74) is 12.6. The molecule has 0 radical (unpaired) electrons. The second-order valence-corrected chi connectivity index (χ2v) is 15.1. The molecule has 0 fully saturated rings. The van der Waals surface area contributed by atoms with Crippen molar-refractivity contribution in [2.24, 2.45) is 0 Å². The second kappa shape index (κ2) is 8.54. The molecule has 0 aliphatic heterocycles. The summed E-state index contributed by atoms with van der Waals surface area (Å²) in [7, 11) is 0. The molecule has 0 saturated heterocycles. The Labute approximate surface area is 258 Å². The minimum Gasteiger partial charge on any atom is -0.248 e. The summed E-state index contributed by atoms with van der Waals surface area (Å²) in [4.78, 5) is 10.8. The zero-order valence-corrected chi connectivity index (χ0v) is 26.3. The minimum absolute atomic E-state index is 0.0562. The Balaban J connectivity index is 1.29. The highest BCUT2D eigenvalue weighted by Gasteiger charge is 2.43. The third-order valence-corrected chi connectivity index (χ3v) is 10.2. The predicted octanol–water partition coefficient (Wildman–Crippen LogP) is 10.7. The van der Waals surface area contributed by atoms with Crippen molar-refractivity contribution in [2.75, 3.05) is 0 Å². The Bertz CT molecular complexity index is 2150. The lowest BCUT2D eigenvalue weighted by Crippen LogP contribution is -2.29. The van der Waals surface area contributed by atoms with Gasteiger partial charge in [-0.2, -0.15) is 0 Å². The van der Waals surface area contributed by atoms with Crippen LogP contribution in [0.2, 0.25) is 0 Å². The molecule has 1 aromatic heterocycles. The van der Waals surface area contributed by atoms with E-state index < -0.39 is 0 Å². The van der Waals surface area contributed by atoms with E-state index in [4.69, 9.17) is 9.97 Å². The molecule has 3 aliphatic rings. The summed E-state index contributed by atoms with van der Waals surface area (Å²) < 4.78 is 0. The fraction of sp³-hybridized carbons (Fsp3) is 0.238. The van der Waals surface area contributed by atoms with E-state index in [1.165, 1.54) is 65.7 Å². The van der Waals surface area contributed by atoms with Crippen LogP contribution in [0.5, 0.6) is 0 Å². The Morgan fingerprint density at radius 2 is 0.773 bits per heavy atom. The molecule has 7 aromatic rings. The predicted molar refractivity (Wildman–Crippen MR) is 184 cm³/mol. The molecule has 1 heterocycles. The number of nitrogens with zero attached hydrogens (tertiary/aromatic N) is 2. The van der Waals surface area contributed by atoms with Crippen LogP contribution < -0.4 is 0 Å². The van der Waals surface area contributed by atoms with Crippen LogP contribution in [0, 0.1) is 0 Å². The molecule has 44 heavy (non-hydrogen) atoms. The highest BCUT2D eigenvalue weighted by Crippen LogP contribution is 2.54. The van der Waals surface area contributed by atoms with Crippen LogP contribution in [0.3, 0.4) is 0 Å². The van der Waals surface area contributed by atoms with Crippen molar-refractivity contribution in [1.82, 2.24) is 9.97 Å². The Kier molecular flexibility index (Phi) is 5.03. The third-order valence-electron chi connectivity index (χ3n) is 10.2. The SMILES string of the molecule is CC(C)(C)c1ccc(C(C)(C)C)c2cc3cc4cc5nc6c(nc5cc4cc3cc12)C1c2ccccc2C6c2ccccc21. The normalized spacial score (nSPS) is 17.3. The maximum absolute atomic E-state index is 5.40. The van der Waals surface area contributed by atoms with Gasteiger partial charge in [-0.1, -0.05) is 102 Å². The van der Waals surface area contributed by atoms with E-state index in [-0.39, 0.29) is 22.7 Å². The highest BCUT2D eigenvalue weighted by atomic mass is 14.9. The lowest BCUT2D eigenvalue weighted by Gasteiger charge is -2.40. The molecule has 214 valence electrons. The fourth-order valence-corrected chi connectivity index (χ4v) is 8.15. The van der Waals surface area contributed by atoms with Gasteiger partial charge in [-0.25, -0.2) is 9.97 Å².